The fourth-order valence-electron chi connectivity index (χ4n) is 1.36. The Morgan fingerprint density at radius 2 is 1.50 bits per heavy atom. The van der Waals surface area contributed by atoms with Gasteiger partial charge < -0.3 is 0 Å². The van der Waals surface area contributed by atoms with Crippen LogP contribution in [0.3, 0.4) is 0 Å². The summed E-state index contributed by atoms with van der Waals surface area (Å²) >= 11 is 0. The lowest BCUT2D eigenvalue weighted by Crippen LogP contribution is -2.17. The van der Waals surface area contributed by atoms with Crippen LogP contribution in [-0.4, -0.2) is 13.4 Å². The molecule has 0 saturated heterocycles. The molecule has 0 aliphatic carbocycles. The van der Waals surface area contributed by atoms with Crippen molar-refractivity contribution in [3.63, 3.8) is 0 Å². The Balaban J connectivity index is 2.48. The van der Waals surface area contributed by atoms with Crippen LogP contribution in [0.1, 0.15) is 0 Å². The van der Waals surface area contributed by atoms with Crippen LogP contribution >= 0.6 is 0 Å². The highest BCUT2D eigenvalue weighted by Crippen LogP contribution is 2.24. The predicted octanol–water partition coefficient (Wildman–Crippen LogP) is 2.44. The molecule has 0 amide bonds. The highest BCUT2D eigenvalue weighted by molar-refractivity contribution is 7.92. The lowest BCUT2D eigenvalue weighted by Gasteiger charge is -2.09. The second-order valence-corrected chi connectivity index (χ2v) is 5.30. The van der Waals surface area contributed by atoms with Gasteiger partial charge >= 0.3 is 0 Å². The summed E-state index contributed by atoms with van der Waals surface area (Å²) in [6, 6.07) is 6.60. The largest absolute Gasteiger partial charge is 0.272 e. The van der Waals surface area contributed by atoms with Crippen molar-refractivity contribution in [3.8, 4) is 0 Å². The maximum absolute atomic E-state index is 13.3. The number of rotatable bonds is 3. The van der Waals surface area contributed by atoms with E-state index >= 15 is 0 Å². The van der Waals surface area contributed by atoms with Crippen LogP contribution in [-0.2, 0) is 10.0 Å². The Morgan fingerprint density at radius 3 is 2.10 bits per heavy atom. The normalized spacial score (nSPS) is 11.4. The summed E-state index contributed by atoms with van der Waals surface area (Å²) in [7, 11) is -4.35. The Kier molecular flexibility index (Phi) is 3.62. The van der Waals surface area contributed by atoms with Crippen LogP contribution in [0.25, 0.3) is 0 Å². The number of pyridine rings is 1. The van der Waals surface area contributed by atoms with Gasteiger partial charge in [0, 0.05) is 0 Å². The van der Waals surface area contributed by atoms with E-state index in [1.807, 2.05) is 0 Å². The van der Waals surface area contributed by atoms with Gasteiger partial charge in [-0.15, -0.1) is 0 Å². The smallest absolute Gasteiger partial charge is 0.262 e. The quantitative estimate of drug-likeness (QED) is 0.700. The molecule has 20 heavy (non-hydrogen) atoms. The number of aromatic nitrogens is 1. The minimum Gasteiger partial charge on any atom is -0.272 e. The van der Waals surface area contributed by atoms with Crippen molar-refractivity contribution in [1.82, 2.24) is 4.98 Å². The molecule has 0 spiro atoms. The second-order valence-electron chi connectivity index (χ2n) is 3.61. The number of hydrogen-bond acceptors (Lipinski definition) is 3. The molecule has 0 aliphatic rings. The zero-order chi connectivity index (χ0) is 14.9. The van der Waals surface area contributed by atoms with Crippen LogP contribution in [0.2, 0.25) is 0 Å². The van der Waals surface area contributed by atoms with Crippen molar-refractivity contribution >= 4 is 15.7 Å². The number of nitrogens with one attached hydrogen (secondary N) is 1. The van der Waals surface area contributed by atoms with E-state index in [2.05, 4.69) is 4.98 Å². The van der Waals surface area contributed by atoms with Gasteiger partial charge in [0.05, 0.1) is 4.90 Å². The number of nitrogens with zero attached hydrogens (tertiary/aromatic N) is 1. The van der Waals surface area contributed by atoms with E-state index in [1.54, 1.807) is 0 Å². The average molecular weight is 306 g/mol. The summed E-state index contributed by atoms with van der Waals surface area (Å²) in [4.78, 5) is 2.13. The molecule has 0 radical (unpaired) electrons. The second kappa shape index (κ2) is 5.08. The lowest BCUT2D eigenvalue weighted by atomic mass is 10.4. The highest BCUT2D eigenvalue weighted by atomic mass is 32.2. The standard InChI is InChI=1S/C11H6F4N2O2S/c12-7-8(13)10(14)16-11(15)9(7)17-20(18,19)6-4-2-1-3-5-6/h1-5,17H. The van der Waals surface area contributed by atoms with Crippen LogP contribution < -0.4 is 4.72 Å². The van der Waals surface area contributed by atoms with Gasteiger partial charge in [0.1, 0.15) is 5.69 Å². The fourth-order valence-corrected chi connectivity index (χ4v) is 2.44. The Labute approximate surface area is 111 Å². The van der Waals surface area contributed by atoms with Crippen molar-refractivity contribution in [2.24, 2.45) is 0 Å². The van der Waals surface area contributed by atoms with Crippen molar-refractivity contribution < 1.29 is 26.0 Å². The van der Waals surface area contributed by atoms with E-state index in [9.17, 15) is 26.0 Å². The number of benzene rings is 1. The fraction of sp³-hybridized carbons (Fsp3) is 0. The monoisotopic (exact) mass is 306 g/mol. The zero-order valence-corrected chi connectivity index (χ0v) is 10.4. The maximum Gasteiger partial charge on any atom is 0.262 e. The number of hydrogen-bond donors (Lipinski definition) is 1. The molecular formula is C11H6F4N2O2S. The zero-order valence-electron chi connectivity index (χ0n) is 9.57. The van der Waals surface area contributed by atoms with Crippen molar-refractivity contribution in [2.45, 2.75) is 4.90 Å². The first kappa shape index (κ1) is 14.3. The van der Waals surface area contributed by atoms with E-state index in [-0.39, 0.29) is 4.90 Å². The van der Waals surface area contributed by atoms with Gasteiger partial charge in [-0.25, -0.2) is 12.8 Å². The topological polar surface area (TPSA) is 59.1 Å². The minimum absolute atomic E-state index is 0.302. The van der Waals surface area contributed by atoms with E-state index in [1.165, 1.54) is 22.9 Å². The molecule has 0 bridgehead atoms. The molecular weight excluding hydrogens is 300 g/mol. The molecule has 0 aliphatic heterocycles. The predicted molar refractivity (Wildman–Crippen MR) is 61.3 cm³/mol. The Morgan fingerprint density at radius 1 is 0.900 bits per heavy atom. The Bertz CT molecular complexity index is 751. The van der Waals surface area contributed by atoms with Crippen molar-refractivity contribution in [2.75, 3.05) is 4.72 Å². The molecule has 106 valence electrons. The molecule has 2 aromatic rings. The van der Waals surface area contributed by atoms with Crippen molar-refractivity contribution in [3.05, 3.63) is 53.9 Å². The van der Waals surface area contributed by atoms with Gasteiger partial charge in [0.25, 0.3) is 16.0 Å². The lowest BCUT2D eigenvalue weighted by molar-refractivity contribution is 0.405. The molecule has 0 saturated carbocycles. The van der Waals surface area contributed by atoms with Gasteiger partial charge in [-0.1, -0.05) is 18.2 Å². The first-order valence-electron chi connectivity index (χ1n) is 5.11. The number of sulfonamides is 1. The Hall–Kier alpha value is -2.16. The highest BCUT2D eigenvalue weighted by Gasteiger charge is 2.25. The van der Waals surface area contributed by atoms with Crippen LogP contribution in [0.15, 0.2) is 35.2 Å². The molecule has 0 unspecified atom stereocenters. The van der Waals surface area contributed by atoms with Crippen LogP contribution in [0.5, 0.6) is 0 Å². The van der Waals surface area contributed by atoms with Gasteiger partial charge in [-0.3, -0.25) is 4.72 Å². The molecule has 1 N–H and O–H groups in total. The SMILES string of the molecule is O=S(=O)(Nc1c(F)nc(F)c(F)c1F)c1ccccc1. The molecule has 1 aromatic carbocycles. The average Bonchev–Trinajstić information content (AvgIpc) is 2.42. The number of halogens is 4. The van der Waals surface area contributed by atoms with Gasteiger partial charge in [-0.2, -0.15) is 18.2 Å². The molecule has 4 nitrogen and oxygen atoms in total. The molecule has 0 atom stereocenters. The maximum atomic E-state index is 13.3. The summed E-state index contributed by atoms with van der Waals surface area (Å²) in [6.45, 7) is 0. The third kappa shape index (κ3) is 2.57. The molecule has 2 rings (SSSR count). The summed E-state index contributed by atoms with van der Waals surface area (Å²) < 4.78 is 77.3. The first-order chi connectivity index (χ1) is 9.33. The van der Waals surface area contributed by atoms with Gasteiger partial charge in [-0.05, 0) is 12.1 Å². The van der Waals surface area contributed by atoms with Crippen LogP contribution in [0, 0.1) is 23.5 Å². The summed E-state index contributed by atoms with van der Waals surface area (Å²) in [5.74, 6) is -7.88. The van der Waals surface area contributed by atoms with E-state index in [0.717, 1.165) is 12.1 Å². The first-order valence-corrected chi connectivity index (χ1v) is 6.59. The van der Waals surface area contributed by atoms with Crippen LogP contribution in [0.4, 0.5) is 23.2 Å². The number of anilines is 1. The third-order valence-electron chi connectivity index (χ3n) is 2.29. The molecule has 1 aromatic heterocycles. The van der Waals surface area contributed by atoms with Crippen molar-refractivity contribution in [1.29, 1.82) is 0 Å². The minimum atomic E-state index is -4.35. The molecule has 0 fully saturated rings. The summed E-state index contributed by atoms with van der Waals surface area (Å²) in [6.07, 6.45) is 0. The molecule has 9 heteroatoms. The van der Waals surface area contributed by atoms with Gasteiger partial charge in [0.15, 0.2) is 5.82 Å². The summed E-state index contributed by atoms with van der Waals surface area (Å²) in [5.41, 5.74) is -1.38. The van der Waals surface area contributed by atoms with E-state index in [0.29, 0.717) is 0 Å². The molecule has 1 heterocycles. The van der Waals surface area contributed by atoms with Gasteiger partial charge in [0.2, 0.25) is 11.8 Å². The van der Waals surface area contributed by atoms with E-state index < -0.39 is 39.2 Å². The van der Waals surface area contributed by atoms with E-state index in [4.69, 9.17) is 0 Å². The third-order valence-corrected chi connectivity index (χ3v) is 3.65. The summed E-state index contributed by atoms with van der Waals surface area (Å²) in [5, 5.41) is 0.